The molecule has 3 fully saturated rings. The molecule has 32 heavy (non-hydrogen) atoms. The molecule has 9 heteroatoms. The Morgan fingerprint density at radius 3 is 2.75 bits per heavy atom. The van der Waals surface area contributed by atoms with Crippen LogP contribution in [-0.2, 0) is 21.4 Å². The van der Waals surface area contributed by atoms with Gasteiger partial charge in [0.25, 0.3) is 0 Å². The second kappa shape index (κ2) is 8.44. The van der Waals surface area contributed by atoms with E-state index in [1.54, 1.807) is 11.6 Å². The highest BCUT2D eigenvalue weighted by Crippen LogP contribution is 2.44. The highest BCUT2D eigenvalue weighted by molar-refractivity contribution is 6.00. The molecule has 0 spiro atoms. The van der Waals surface area contributed by atoms with Crippen LogP contribution in [0.4, 0.5) is 4.39 Å². The molecule has 172 valence electrons. The van der Waals surface area contributed by atoms with Crippen LogP contribution in [0.2, 0.25) is 0 Å². The second-order valence-corrected chi connectivity index (χ2v) is 9.31. The summed E-state index contributed by atoms with van der Waals surface area (Å²) in [6, 6.07) is 5.15. The Labute approximate surface area is 185 Å². The number of imide groups is 1. The summed E-state index contributed by atoms with van der Waals surface area (Å²) in [5.41, 5.74) is 2.41. The molecule has 5 rings (SSSR count). The van der Waals surface area contributed by atoms with Gasteiger partial charge in [-0.3, -0.25) is 24.0 Å². The van der Waals surface area contributed by atoms with E-state index in [1.807, 2.05) is 18.2 Å². The third-order valence-electron chi connectivity index (χ3n) is 7.23. The van der Waals surface area contributed by atoms with Crippen molar-refractivity contribution in [3.05, 3.63) is 34.2 Å². The van der Waals surface area contributed by atoms with Crippen molar-refractivity contribution in [3.63, 3.8) is 0 Å². The number of ether oxygens (including phenoxy) is 1. The molecule has 2 amide bonds. The highest BCUT2D eigenvalue weighted by Gasteiger charge is 2.36. The fourth-order valence-corrected chi connectivity index (χ4v) is 5.40. The molecule has 2 aliphatic heterocycles. The largest absolute Gasteiger partial charge is 0.375 e. The number of piperidine rings is 2. The van der Waals surface area contributed by atoms with Gasteiger partial charge >= 0.3 is 5.69 Å². The molecular formula is C23H29FN4O4. The molecule has 1 unspecified atom stereocenters. The van der Waals surface area contributed by atoms with Gasteiger partial charge in [0.2, 0.25) is 11.8 Å². The number of aromatic nitrogens is 2. The number of para-hydroxylation sites is 1. The first-order chi connectivity index (χ1) is 15.4. The molecule has 0 bridgehead atoms. The zero-order valence-electron chi connectivity index (χ0n) is 18.2. The predicted molar refractivity (Wildman–Crippen MR) is 116 cm³/mol. The lowest BCUT2D eigenvalue weighted by molar-refractivity contribution is -0.135. The number of benzene rings is 1. The fraction of sp³-hybridized carbons (Fsp3) is 0.609. The molecule has 0 radical (unpaired) electrons. The summed E-state index contributed by atoms with van der Waals surface area (Å²) in [6.07, 6.45) is 1.84. The molecule has 1 aromatic carbocycles. The van der Waals surface area contributed by atoms with E-state index < -0.39 is 18.1 Å². The van der Waals surface area contributed by atoms with Crippen LogP contribution in [0.25, 0.3) is 11.0 Å². The number of imidazole rings is 1. The first kappa shape index (κ1) is 21.3. The fourth-order valence-electron chi connectivity index (χ4n) is 5.40. The van der Waals surface area contributed by atoms with E-state index in [0.29, 0.717) is 37.8 Å². The van der Waals surface area contributed by atoms with Crippen molar-refractivity contribution in [2.75, 3.05) is 19.7 Å². The summed E-state index contributed by atoms with van der Waals surface area (Å²) in [6.45, 7) is 1.71. The quantitative estimate of drug-likeness (QED) is 0.682. The second-order valence-electron chi connectivity index (χ2n) is 9.31. The summed E-state index contributed by atoms with van der Waals surface area (Å²) < 4.78 is 23.0. The van der Waals surface area contributed by atoms with Crippen molar-refractivity contribution in [3.8, 4) is 0 Å². The van der Waals surface area contributed by atoms with Gasteiger partial charge in [0, 0.05) is 26.6 Å². The third kappa shape index (κ3) is 3.67. The van der Waals surface area contributed by atoms with Gasteiger partial charge in [-0.15, -0.1) is 0 Å². The van der Waals surface area contributed by atoms with Crippen molar-refractivity contribution >= 4 is 22.8 Å². The van der Waals surface area contributed by atoms with E-state index >= 15 is 0 Å². The van der Waals surface area contributed by atoms with Gasteiger partial charge in [-0.05, 0) is 55.7 Å². The minimum Gasteiger partial charge on any atom is -0.375 e. The maximum atomic E-state index is 14.0. The lowest BCUT2D eigenvalue weighted by Crippen LogP contribution is -2.44. The maximum absolute atomic E-state index is 14.0. The molecule has 1 saturated carbocycles. The molecule has 3 aliphatic rings. The van der Waals surface area contributed by atoms with Crippen LogP contribution in [0, 0.1) is 5.92 Å². The zero-order valence-corrected chi connectivity index (χ0v) is 18.2. The van der Waals surface area contributed by atoms with E-state index in [-0.39, 0.29) is 24.1 Å². The lowest BCUT2D eigenvalue weighted by atomic mass is 9.71. The molecule has 3 atom stereocenters. The lowest BCUT2D eigenvalue weighted by Gasteiger charge is -2.37. The van der Waals surface area contributed by atoms with Gasteiger partial charge in [-0.2, -0.15) is 0 Å². The van der Waals surface area contributed by atoms with Crippen LogP contribution >= 0.6 is 0 Å². The Balaban J connectivity index is 1.33. The molecule has 1 aromatic heterocycles. The van der Waals surface area contributed by atoms with Gasteiger partial charge < -0.3 is 10.1 Å². The SMILES string of the molecule is Cn1c(=O)n(C2CCC(=O)NC2=O)c2cccc(C3CC(CO[C@H]4CCNC[C@@H]4F)C3)c21. The molecule has 2 aromatic rings. The first-order valence-electron chi connectivity index (χ1n) is 11.4. The number of nitrogens with one attached hydrogen (secondary N) is 2. The number of carbonyl (C=O) groups is 2. The van der Waals surface area contributed by atoms with Crippen molar-refractivity contribution in [2.45, 2.75) is 56.3 Å². The summed E-state index contributed by atoms with van der Waals surface area (Å²) in [5, 5.41) is 5.39. The molecule has 3 heterocycles. The van der Waals surface area contributed by atoms with Gasteiger partial charge in [0.15, 0.2) is 0 Å². The van der Waals surface area contributed by atoms with E-state index in [1.165, 1.54) is 4.57 Å². The number of alkyl halides is 1. The number of hydrogen-bond donors (Lipinski definition) is 2. The minimum atomic E-state index is -0.949. The summed E-state index contributed by atoms with van der Waals surface area (Å²) in [5.74, 6) is -0.0472. The molecule has 2 saturated heterocycles. The first-order valence-corrected chi connectivity index (χ1v) is 11.4. The number of nitrogens with zero attached hydrogens (tertiary/aromatic N) is 2. The van der Waals surface area contributed by atoms with E-state index in [4.69, 9.17) is 4.74 Å². The Hall–Kier alpha value is -2.52. The number of carbonyl (C=O) groups excluding carboxylic acids is 2. The van der Waals surface area contributed by atoms with Crippen molar-refractivity contribution in [1.82, 2.24) is 19.8 Å². The number of rotatable bonds is 5. The normalized spacial score (nSPS) is 30.9. The number of amides is 2. The van der Waals surface area contributed by atoms with Crippen molar-refractivity contribution in [2.24, 2.45) is 13.0 Å². The maximum Gasteiger partial charge on any atom is 0.329 e. The monoisotopic (exact) mass is 444 g/mol. The van der Waals surface area contributed by atoms with Crippen LogP contribution in [-0.4, -0.2) is 52.9 Å². The summed E-state index contributed by atoms with van der Waals surface area (Å²) >= 11 is 0. The number of fused-ring (bicyclic) bond motifs is 1. The molecule has 1 aliphatic carbocycles. The smallest absolute Gasteiger partial charge is 0.329 e. The van der Waals surface area contributed by atoms with Gasteiger partial charge in [0.1, 0.15) is 12.2 Å². The topological polar surface area (TPSA) is 94.4 Å². The average Bonchev–Trinajstić information content (AvgIpc) is 2.99. The van der Waals surface area contributed by atoms with E-state index in [2.05, 4.69) is 10.6 Å². The minimum absolute atomic E-state index is 0.222. The molecule has 8 nitrogen and oxygen atoms in total. The van der Waals surface area contributed by atoms with Crippen LogP contribution in [0.5, 0.6) is 0 Å². The van der Waals surface area contributed by atoms with Crippen LogP contribution in [0.3, 0.4) is 0 Å². The van der Waals surface area contributed by atoms with Crippen LogP contribution < -0.4 is 16.3 Å². The summed E-state index contributed by atoms with van der Waals surface area (Å²) in [4.78, 5) is 37.0. The van der Waals surface area contributed by atoms with E-state index in [9.17, 15) is 18.8 Å². The van der Waals surface area contributed by atoms with Crippen LogP contribution in [0.15, 0.2) is 23.0 Å². The summed E-state index contributed by atoms with van der Waals surface area (Å²) in [7, 11) is 1.73. The number of aryl methyl sites for hydroxylation is 1. The van der Waals surface area contributed by atoms with Crippen molar-refractivity contribution in [1.29, 1.82) is 0 Å². The van der Waals surface area contributed by atoms with Gasteiger partial charge in [-0.1, -0.05) is 12.1 Å². The van der Waals surface area contributed by atoms with Gasteiger partial charge in [0.05, 0.1) is 17.1 Å². The Bertz CT molecular complexity index is 1100. The Morgan fingerprint density at radius 2 is 2.00 bits per heavy atom. The molecular weight excluding hydrogens is 415 g/mol. The van der Waals surface area contributed by atoms with Crippen LogP contribution in [0.1, 0.15) is 49.6 Å². The van der Waals surface area contributed by atoms with Crippen molar-refractivity contribution < 1.29 is 18.7 Å². The number of hydrogen-bond acceptors (Lipinski definition) is 5. The average molecular weight is 445 g/mol. The zero-order chi connectivity index (χ0) is 22.4. The highest BCUT2D eigenvalue weighted by atomic mass is 19.1. The standard InChI is InChI=1S/C23H29FN4O4/c1-27-21-15(14-9-13(10-14)12-32-19-7-8-25-11-16(19)24)3-2-4-17(21)28(23(27)31)18-5-6-20(29)26-22(18)30/h2-4,13-14,16,18-19,25H,5-12H2,1H3,(H,26,29,30)/t13?,14?,16-,18?,19-/m0/s1. The predicted octanol–water partition coefficient (Wildman–Crippen LogP) is 1.53. The van der Waals surface area contributed by atoms with Gasteiger partial charge in [-0.25, -0.2) is 9.18 Å². The Morgan fingerprint density at radius 1 is 1.19 bits per heavy atom. The Kier molecular flexibility index (Phi) is 5.63. The third-order valence-corrected chi connectivity index (χ3v) is 7.23. The van der Waals surface area contributed by atoms with E-state index in [0.717, 1.165) is 36.0 Å². The molecule has 2 N–H and O–H groups in total. The number of halogens is 1.